The molecule has 0 bridgehead atoms. The number of hydrogen-bond acceptors (Lipinski definition) is 5. The SMILES string of the molecule is Cc1ccc(-c2nc(CCNC(=O)CN(C)S(=O)(=O)c3ccc(F)cc3)cs2)cc1. The number of sulfonamides is 1. The monoisotopic (exact) mass is 447 g/mol. The van der Waals surface area contributed by atoms with Crippen LogP contribution in [0.4, 0.5) is 4.39 Å². The van der Waals surface area contributed by atoms with E-state index in [1.54, 1.807) is 11.3 Å². The minimum Gasteiger partial charge on any atom is -0.355 e. The number of rotatable bonds is 8. The van der Waals surface area contributed by atoms with Crippen molar-refractivity contribution in [2.75, 3.05) is 20.1 Å². The van der Waals surface area contributed by atoms with Gasteiger partial charge < -0.3 is 5.32 Å². The lowest BCUT2D eigenvalue weighted by Gasteiger charge is -2.16. The highest BCUT2D eigenvalue weighted by molar-refractivity contribution is 7.89. The summed E-state index contributed by atoms with van der Waals surface area (Å²) in [7, 11) is -2.55. The van der Waals surface area contributed by atoms with E-state index in [0.717, 1.165) is 32.7 Å². The van der Waals surface area contributed by atoms with Crippen molar-refractivity contribution in [3.63, 3.8) is 0 Å². The van der Waals surface area contributed by atoms with Crippen LogP contribution in [0.1, 0.15) is 11.3 Å². The molecule has 9 heteroatoms. The molecule has 0 saturated heterocycles. The van der Waals surface area contributed by atoms with E-state index in [4.69, 9.17) is 0 Å². The number of benzene rings is 2. The molecule has 6 nitrogen and oxygen atoms in total. The van der Waals surface area contributed by atoms with E-state index < -0.39 is 21.7 Å². The quantitative estimate of drug-likeness (QED) is 0.575. The van der Waals surface area contributed by atoms with E-state index in [9.17, 15) is 17.6 Å². The van der Waals surface area contributed by atoms with Gasteiger partial charge in [-0.3, -0.25) is 4.79 Å². The summed E-state index contributed by atoms with van der Waals surface area (Å²) in [6, 6.07) is 12.6. The summed E-state index contributed by atoms with van der Waals surface area (Å²) in [5, 5.41) is 5.58. The number of thiazole rings is 1. The zero-order valence-electron chi connectivity index (χ0n) is 16.6. The van der Waals surface area contributed by atoms with Crippen molar-refractivity contribution in [1.82, 2.24) is 14.6 Å². The average Bonchev–Trinajstić information content (AvgIpc) is 3.17. The molecule has 0 spiro atoms. The number of halogens is 1. The Morgan fingerprint density at radius 2 is 1.80 bits per heavy atom. The fourth-order valence-corrected chi connectivity index (χ4v) is 4.70. The Labute approximate surface area is 179 Å². The molecule has 1 heterocycles. The van der Waals surface area contributed by atoms with Gasteiger partial charge in [0.1, 0.15) is 10.8 Å². The predicted octanol–water partition coefficient (Wildman–Crippen LogP) is 3.24. The molecular formula is C21H22FN3O3S2. The van der Waals surface area contributed by atoms with E-state index in [-0.39, 0.29) is 11.4 Å². The Bertz CT molecular complexity index is 1110. The van der Waals surface area contributed by atoms with Crippen molar-refractivity contribution in [1.29, 1.82) is 0 Å². The summed E-state index contributed by atoms with van der Waals surface area (Å²) in [6.07, 6.45) is 0.544. The van der Waals surface area contributed by atoms with Crippen LogP contribution in [0, 0.1) is 12.7 Å². The van der Waals surface area contributed by atoms with E-state index in [0.29, 0.717) is 13.0 Å². The van der Waals surface area contributed by atoms with Crippen LogP contribution in [0.5, 0.6) is 0 Å². The molecule has 3 rings (SSSR count). The van der Waals surface area contributed by atoms with Gasteiger partial charge in [-0.1, -0.05) is 29.8 Å². The highest BCUT2D eigenvalue weighted by atomic mass is 32.2. The van der Waals surface area contributed by atoms with Gasteiger partial charge in [-0.25, -0.2) is 17.8 Å². The minimum atomic E-state index is -3.86. The lowest BCUT2D eigenvalue weighted by molar-refractivity contribution is -0.121. The Hall–Kier alpha value is -2.62. The third-order valence-corrected chi connectivity index (χ3v) is 7.20. The number of aromatic nitrogens is 1. The number of nitrogens with zero attached hydrogens (tertiary/aromatic N) is 2. The van der Waals surface area contributed by atoms with Crippen molar-refractivity contribution in [2.24, 2.45) is 0 Å². The maximum absolute atomic E-state index is 13.0. The molecule has 3 aromatic rings. The van der Waals surface area contributed by atoms with Gasteiger partial charge in [0.25, 0.3) is 0 Å². The minimum absolute atomic E-state index is 0.0645. The first-order chi connectivity index (χ1) is 14.3. The summed E-state index contributed by atoms with van der Waals surface area (Å²) < 4.78 is 38.8. The number of carbonyl (C=O) groups is 1. The molecule has 0 saturated carbocycles. The van der Waals surface area contributed by atoms with Crippen LogP contribution in [-0.2, 0) is 21.2 Å². The second kappa shape index (κ2) is 9.46. The third kappa shape index (κ3) is 5.50. The van der Waals surface area contributed by atoms with Crippen molar-refractivity contribution < 1.29 is 17.6 Å². The number of hydrogen-bond donors (Lipinski definition) is 1. The Balaban J connectivity index is 1.50. The summed E-state index contributed by atoms with van der Waals surface area (Å²) in [6.45, 7) is 2.05. The zero-order chi connectivity index (χ0) is 21.7. The van der Waals surface area contributed by atoms with Crippen LogP contribution >= 0.6 is 11.3 Å². The van der Waals surface area contributed by atoms with E-state index >= 15 is 0 Å². The fourth-order valence-electron chi connectivity index (χ4n) is 2.71. The highest BCUT2D eigenvalue weighted by Gasteiger charge is 2.22. The topological polar surface area (TPSA) is 79.4 Å². The molecule has 1 aromatic heterocycles. The molecule has 2 aromatic carbocycles. The van der Waals surface area contributed by atoms with Gasteiger partial charge in [-0.2, -0.15) is 4.31 Å². The van der Waals surface area contributed by atoms with E-state index in [2.05, 4.69) is 10.3 Å². The normalized spacial score (nSPS) is 11.6. The summed E-state index contributed by atoms with van der Waals surface area (Å²) in [5.74, 6) is -0.945. The summed E-state index contributed by atoms with van der Waals surface area (Å²) in [4.78, 5) is 16.7. The number of carbonyl (C=O) groups excluding carboxylic acids is 1. The first kappa shape index (κ1) is 22.1. The van der Waals surface area contributed by atoms with E-state index in [1.807, 2.05) is 36.6 Å². The molecule has 0 unspecified atom stereocenters. The number of aryl methyl sites for hydroxylation is 1. The molecule has 1 N–H and O–H groups in total. The molecule has 158 valence electrons. The third-order valence-electron chi connectivity index (χ3n) is 4.44. The van der Waals surface area contributed by atoms with Crippen LogP contribution in [-0.4, -0.2) is 43.8 Å². The van der Waals surface area contributed by atoms with Crippen LogP contribution in [0.2, 0.25) is 0 Å². The Morgan fingerprint density at radius 3 is 2.47 bits per heavy atom. The Kier molecular flexibility index (Phi) is 6.96. The Morgan fingerprint density at radius 1 is 1.13 bits per heavy atom. The molecule has 30 heavy (non-hydrogen) atoms. The van der Waals surface area contributed by atoms with Crippen molar-refractivity contribution in [3.05, 3.63) is 71.0 Å². The lowest BCUT2D eigenvalue weighted by Crippen LogP contribution is -2.39. The first-order valence-electron chi connectivity index (χ1n) is 9.26. The van der Waals surface area contributed by atoms with E-state index in [1.165, 1.54) is 24.7 Å². The number of likely N-dealkylation sites (N-methyl/N-ethyl adjacent to an activating group) is 1. The lowest BCUT2D eigenvalue weighted by atomic mass is 10.2. The van der Waals surface area contributed by atoms with Crippen LogP contribution in [0.3, 0.4) is 0 Å². The molecule has 1 amide bonds. The predicted molar refractivity (Wildman–Crippen MR) is 115 cm³/mol. The van der Waals surface area contributed by atoms with Gasteiger partial charge in [-0.15, -0.1) is 11.3 Å². The molecular weight excluding hydrogens is 425 g/mol. The number of nitrogens with one attached hydrogen (secondary N) is 1. The molecule has 0 fully saturated rings. The largest absolute Gasteiger partial charge is 0.355 e. The van der Waals surface area contributed by atoms with Crippen molar-refractivity contribution in [3.8, 4) is 10.6 Å². The summed E-state index contributed by atoms with van der Waals surface area (Å²) in [5.41, 5.74) is 3.10. The zero-order valence-corrected chi connectivity index (χ0v) is 18.3. The highest BCUT2D eigenvalue weighted by Crippen LogP contribution is 2.24. The molecule has 0 radical (unpaired) electrons. The van der Waals surface area contributed by atoms with Crippen LogP contribution in [0.25, 0.3) is 10.6 Å². The molecule has 0 aliphatic rings. The second-order valence-corrected chi connectivity index (χ2v) is 9.73. The van der Waals surface area contributed by atoms with Gasteiger partial charge in [0.05, 0.1) is 17.1 Å². The van der Waals surface area contributed by atoms with Gasteiger partial charge in [0.15, 0.2) is 0 Å². The average molecular weight is 448 g/mol. The van der Waals surface area contributed by atoms with Crippen LogP contribution < -0.4 is 5.32 Å². The van der Waals surface area contributed by atoms with Crippen LogP contribution in [0.15, 0.2) is 58.8 Å². The smallest absolute Gasteiger partial charge is 0.243 e. The van der Waals surface area contributed by atoms with Crippen molar-refractivity contribution >= 4 is 27.3 Å². The standard InChI is InChI=1S/C21H22FN3O3S2/c1-15-3-5-16(6-4-15)21-24-18(14-29-21)11-12-23-20(26)13-25(2)30(27,28)19-9-7-17(22)8-10-19/h3-10,14H,11-13H2,1-2H3,(H,23,26). The second-order valence-electron chi connectivity index (χ2n) is 6.82. The van der Waals surface area contributed by atoms with Gasteiger partial charge in [0.2, 0.25) is 15.9 Å². The molecule has 0 aliphatic carbocycles. The molecule has 0 atom stereocenters. The van der Waals surface area contributed by atoms with Crippen molar-refractivity contribution in [2.45, 2.75) is 18.2 Å². The van der Waals surface area contributed by atoms with Gasteiger partial charge >= 0.3 is 0 Å². The van der Waals surface area contributed by atoms with Gasteiger partial charge in [0, 0.05) is 31.0 Å². The summed E-state index contributed by atoms with van der Waals surface area (Å²) >= 11 is 1.54. The fraction of sp³-hybridized carbons (Fsp3) is 0.238. The maximum atomic E-state index is 13.0. The van der Waals surface area contributed by atoms with Gasteiger partial charge in [-0.05, 0) is 31.2 Å². The number of amides is 1. The first-order valence-corrected chi connectivity index (χ1v) is 11.6. The molecule has 0 aliphatic heterocycles. The maximum Gasteiger partial charge on any atom is 0.243 e.